The van der Waals surface area contributed by atoms with Crippen LogP contribution >= 0.6 is 15.9 Å². The average molecular weight is 335 g/mol. The zero-order valence-electron chi connectivity index (χ0n) is 11.0. The van der Waals surface area contributed by atoms with E-state index in [0.29, 0.717) is 17.8 Å². The Balaban J connectivity index is 2.09. The van der Waals surface area contributed by atoms with Gasteiger partial charge in [0.1, 0.15) is 5.75 Å². The number of ether oxygens (including phenoxy) is 1. The summed E-state index contributed by atoms with van der Waals surface area (Å²) >= 11 is 3.40. The summed E-state index contributed by atoms with van der Waals surface area (Å²) < 4.78 is 6.20. The first kappa shape index (κ1) is 14.4. The molecule has 0 radical (unpaired) electrons. The number of amides is 1. The van der Waals surface area contributed by atoms with Gasteiger partial charge in [0.05, 0.1) is 7.11 Å². The second-order valence-corrected chi connectivity index (χ2v) is 5.18. The molecule has 0 heterocycles. The van der Waals surface area contributed by atoms with Crippen LogP contribution in [0.25, 0.3) is 0 Å². The summed E-state index contributed by atoms with van der Waals surface area (Å²) in [5.74, 6) is 0.570. The molecule has 0 atom stereocenters. The SMILES string of the molecule is COc1ccc(Br)cc1CNC(=O)c1cccc(N)c1. The Kier molecular flexibility index (Phi) is 4.63. The van der Waals surface area contributed by atoms with Crippen molar-refractivity contribution in [1.29, 1.82) is 0 Å². The van der Waals surface area contributed by atoms with Gasteiger partial charge in [-0.15, -0.1) is 0 Å². The first-order valence-electron chi connectivity index (χ1n) is 6.06. The third-order valence-corrected chi connectivity index (χ3v) is 3.32. The number of carbonyl (C=O) groups is 1. The smallest absolute Gasteiger partial charge is 0.251 e. The van der Waals surface area contributed by atoms with Gasteiger partial charge in [0, 0.05) is 27.8 Å². The van der Waals surface area contributed by atoms with Crippen LogP contribution in [0.4, 0.5) is 5.69 Å². The van der Waals surface area contributed by atoms with Crippen molar-refractivity contribution in [3.05, 3.63) is 58.1 Å². The van der Waals surface area contributed by atoms with Crippen LogP contribution in [0.1, 0.15) is 15.9 Å². The Morgan fingerprint density at radius 2 is 2.10 bits per heavy atom. The topological polar surface area (TPSA) is 64.3 Å². The molecule has 2 rings (SSSR count). The van der Waals surface area contributed by atoms with E-state index < -0.39 is 0 Å². The van der Waals surface area contributed by atoms with Crippen molar-refractivity contribution in [2.24, 2.45) is 0 Å². The van der Waals surface area contributed by atoms with E-state index in [-0.39, 0.29) is 5.91 Å². The number of nitrogens with two attached hydrogens (primary N) is 1. The van der Waals surface area contributed by atoms with Crippen molar-refractivity contribution in [2.45, 2.75) is 6.54 Å². The zero-order chi connectivity index (χ0) is 14.5. The summed E-state index contributed by atoms with van der Waals surface area (Å²) in [4.78, 5) is 12.0. The van der Waals surface area contributed by atoms with Crippen LogP contribution in [-0.4, -0.2) is 13.0 Å². The maximum Gasteiger partial charge on any atom is 0.251 e. The Morgan fingerprint density at radius 3 is 2.80 bits per heavy atom. The fourth-order valence-electron chi connectivity index (χ4n) is 1.84. The lowest BCUT2D eigenvalue weighted by Crippen LogP contribution is -2.23. The lowest BCUT2D eigenvalue weighted by Gasteiger charge is -2.10. The quantitative estimate of drug-likeness (QED) is 0.845. The van der Waals surface area contributed by atoms with E-state index in [4.69, 9.17) is 10.5 Å². The minimum atomic E-state index is -0.167. The number of halogens is 1. The molecule has 0 fully saturated rings. The first-order chi connectivity index (χ1) is 9.60. The molecule has 0 spiro atoms. The van der Waals surface area contributed by atoms with Crippen LogP contribution in [0, 0.1) is 0 Å². The van der Waals surface area contributed by atoms with Gasteiger partial charge in [-0.05, 0) is 36.4 Å². The molecular formula is C15H15BrN2O2. The fraction of sp³-hybridized carbons (Fsp3) is 0.133. The van der Waals surface area contributed by atoms with Crippen molar-refractivity contribution in [3.63, 3.8) is 0 Å². The van der Waals surface area contributed by atoms with Crippen LogP contribution in [0.5, 0.6) is 5.75 Å². The molecule has 3 N–H and O–H groups in total. The van der Waals surface area contributed by atoms with Crippen molar-refractivity contribution >= 4 is 27.5 Å². The number of anilines is 1. The molecule has 0 aliphatic carbocycles. The standard InChI is InChI=1S/C15H15BrN2O2/c1-20-14-6-5-12(16)7-11(14)9-18-15(19)10-3-2-4-13(17)8-10/h2-8H,9,17H2,1H3,(H,18,19). The number of carbonyl (C=O) groups excluding carboxylic acids is 1. The van der Waals surface area contributed by atoms with Gasteiger partial charge in [0.25, 0.3) is 5.91 Å². The highest BCUT2D eigenvalue weighted by molar-refractivity contribution is 9.10. The Morgan fingerprint density at radius 1 is 1.30 bits per heavy atom. The van der Waals surface area contributed by atoms with E-state index in [2.05, 4.69) is 21.2 Å². The van der Waals surface area contributed by atoms with Gasteiger partial charge < -0.3 is 15.8 Å². The largest absolute Gasteiger partial charge is 0.496 e. The first-order valence-corrected chi connectivity index (χ1v) is 6.85. The molecule has 20 heavy (non-hydrogen) atoms. The van der Waals surface area contributed by atoms with Gasteiger partial charge in [-0.2, -0.15) is 0 Å². The predicted octanol–water partition coefficient (Wildman–Crippen LogP) is 2.97. The Hall–Kier alpha value is -2.01. The van der Waals surface area contributed by atoms with Crippen LogP contribution in [0.15, 0.2) is 46.9 Å². The van der Waals surface area contributed by atoms with E-state index in [1.165, 1.54) is 0 Å². The van der Waals surface area contributed by atoms with Crippen LogP contribution in [0.3, 0.4) is 0 Å². The summed E-state index contributed by atoms with van der Waals surface area (Å²) in [7, 11) is 1.60. The van der Waals surface area contributed by atoms with Gasteiger partial charge in [0.2, 0.25) is 0 Å². The average Bonchev–Trinajstić information content (AvgIpc) is 2.45. The molecule has 0 aliphatic heterocycles. The van der Waals surface area contributed by atoms with Gasteiger partial charge in [-0.1, -0.05) is 22.0 Å². The van der Waals surface area contributed by atoms with E-state index >= 15 is 0 Å². The van der Waals surface area contributed by atoms with E-state index in [9.17, 15) is 4.79 Å². The molecule has 0 saturated heterocycles. The third-order valence-electron chi connectivity index (χ3n) is 2.83. The maximum atomic E-state index is 12.0. The molecule has 4 nitrogen and oxygen atoms in total. The van der Waals surface area contributed by atoms with Crippen molar-refractivity contribution in [3.8, 4) is 5.75 Å². The highest BCUT2D eigenvalue weighted by Gasteiger charge is 2.08. The minimum Gasteiger partial charge on any atom is -0.496 e. The highest BCUT2D eigenvalue weighted by atomic mass is 79.9. The van der Waals surface area contributed by atoms with Gasteiger partial charge in [-0.3, -0.25) is 4.79 Å². The van der Waals surface area contributed by atoms with Crippen molar-refractivity contribution < 1.29 is 9.53 Å². The number of nitrogens with one attached hydrogen (secondary N) is 1. The molecule has 0 aromatic heterocycles. The second-order valence-electron chi connectivity index (χ2n) is 4.26. The molecule has 0 aliphatic rings. The highest BCUT2D eigenvalue weighted by Crippen LogP contribution is 2.22. The van der Waals surface area contributed by atoms with Gasteiger partial charge >= 0.3 is 0 Å². The summed E-state index contributed by atoms with van der Waals surface area (Å²) in [6.45, 7) is 0.385. The summed E-state index contributed by atoms with van der Waals surface area (Å²) in [6, 6.07) is 12.5. The van der Waals surface area contributed by atoms with Crippen LogP contribution in [0.2, 0.25) is 0 Å². The maximum absolute atomic E-state index is 12.0. The lowest BCUT2D eigenvalue weighted by molar-refractivity contribution is 0.0950. The number of methoxy groups -OCH3 is 1. The van der Waals surface area contributed by atoms with Crippen LogP contribution in [-0.2, 0) is 6.54 Å². The monoisotopic (exact) mass is 334 g/mol. The lowest BCUT2D eigenvalue weighted by atomic mass is 10.1. The third kappa shape index (κ3) is 3.51. The van der Waals surface area contributed by atoms with E-state index in [0.717, 1.165) is 15.8 Å². The molecule has 2 aromatic rings. The zero-order valence-corrected chi connectivity index (χ0v) is 12.6. The number of nitrogen functional groups attached to an aromatic ring is 1. The number of rotatable bonds is 4. The Bertz CT molecular complexity index is 629. The predicted molar refractivity (Wildman–Crippen MR) is 82.7 cm³/mol. The fourth-order valence-corrected chi connectivity index (χ4v) is 2.25. The summed E-state index contributed by atoms with van der Waals surface area (Å²) in [6.07, 6.45) is 0. The molecule has 5 heteroatoms. The number of benzene rings is 2. The molecule has 2 aromatic carbocycles. The van der Waals surface area contributed by atoms with Crippen LogP contribution < -0.4 is 15.8 Å². The number of hydrogen-bond acceptors (Lipinski definition) is 3. The second kappa shape index (κ2) is 6.43. The molecule has 104 valence electrons. The van der Waals surface area contributed by atoms with Gasteiger partial charge in [0.15, 0.2) is 0 Å². The van der Waals surface area contributed by atoms with E-state index in [1.54, 1.807) is 31.4 Å². The molecule has 0 unspecified atom stereocenters. The number of hydrogen-bond donors (Lipinski definition) is 2. The van der Waals surface area contributed by atoms with Gasteiger partial charge in [-0.25, -0.2) is 0 Å². The molecule has 1 amide bonds. The molecule has 0 bridgehead atoms. The summed E-state index contributed by atoms with van der Waals surface area (Å²) in [5, 5.41) is 2.85. The molecule has 0 saturated carbocycles. The normalized spacial score (nSPS) is 10.1. The van der Waals surface area contributed by atoms with Crippen molar-refractivity contribution in [1.82, 2.24) is 5.32 Å². The Labute approximate surface area is 126 Å². The molecular weight excluding hydrogens is 320 g/mol. The summed E-state index contributed by atoms with van der Waals surface area (Å²) in [5.41, 5.74) is 7.67. The van der Waals surface area contributed by atoms with Crippen molar-refractivity contribution in [2.75, 3.05) is 12.8 Å². The minimum absolute atomic E-state index is 0.167. The van der Waals surface area contributed by atoms with E-state index in [1.807, 2.05) is 18.2 Å².